The topological polar surface area (TPSA) is 79.3 Å². The molecule has 2 aliphatic heterocycles. The summed E-state index contributed by atoms with van der Waals surface area (Å²) in [6.07, 6.45) is -0.0862. The number of likely N-dealkylation sites (tertiary alicyclic amines) is 2. The zero-order valence-corrected chi connectivity index (χ0v) is 25.4. The number of hydrogen-bond donors (Lipinski definition) is 1. The van der Waals surface area contributed by atoms with E-state index in [0.717, 1.165) is 0 Å². The van der Waals surface area contributed by atoms with Crippen molar-refractivity contribution in [3.8, 4) is 0 Å². The van der Waals surface area contributed by atoms with Gasteiger partial charge < -0.3 is 24.4 Å². The SMILES string of the molecule is CC(C)(C)OC(=O)N1CCC(F)(c2ccccc2F)CC1.CC(C)(C)OC(=O)N1CCC(O)(c2ccccc2F)CC1. The standard InChI is InChI=1S/C16H21F2NO2.C16H22FNO3/c1-15(2,3)21-14(20)19-10-8-16(18,9-11-19)12-6-4-5-7-13(12)17;1-15(2,3)21-14(19)18-10-8-16(20,9-11-18)12-6-4-5-7-13(12)17/h4-7H,8-11H2,1-3H3;4-7,20H,8-11H2,1-3H3. The maximum absolute atomic E-state index is 14.9. The fourth-order valence-corrected chi connectivity index (χ4v) is 4.96. The summed E-state index contributed by atoms with van der Waals surface area (Å²) in [7, 11) is 0. The number of benzene rings is 2. The first-order valence-corrected chi connectivity index (χ1v) is 14.3. The predicted octanol–water partition coefficient (Wildman–Crippen LogP) is 7.07. The predicted molar refractivity (Wildman–Crippen MR) is 154 cm³/mol. The van der Waals surface area contributed by atoms with E-state index in [1.807, 2.05) is 20.8 Å². The highest BCUT2D eigenvalue weighted by molar-refractivity contribution is 5.68. The number of alkyl halides is 1. The maximum atomic E-state index is 14.9. The molecule has 0 radical (unpaired) electrons. The molecule has 0 spiro atoms. The molecule has 2 heterocycles. The van der Waals surface area contributed by atoms with E-state index in [0.29, 0.717) is 31.5 Å². The van der Waals surface area contributed by atoms with Crippen LogP contribution < -0.4 is 0 Å². The smallest absolute Gasteiger partial charge is 0.410 e. The van der Waals surface area contributed by atoms with Gasteiger partial charge >= 0.3 is 12.2 Å². The van der Waals surface area contributed by atoms with E-state index in [-0.39, 0.29) is 31.5 Å². The molecule has 10 heteroatoms. The summed E-state index contributed by atoms with van der Waals surface area (Å²) in [4.78, 5) is 26.9. The van der Waals surface area contributed by atoms with Crippen molar-refractivity contribution in [2.75, 3.05) is 26.2 Å². The molecular weight excluding hydrogens is 549 g/mol. The summed E-state index contributed by atoms with van der Waals surface area (Å²) in [5.41, 5.74) is -3.68. The van der Waals surface area contributed by atoms with Crippen LogP contribution in [0.4, 0.5) is 22.8 Å². The van der Waals surface area contributed by atoms with E-state index in [1.54, 1.807) is 49.9 Å². The van der Waals surface area contributed by atoms with E-state index < -0.39 is 46.3 Å². The lowest BCUT2D eigenvalue weighted by Gasteiger charge is -2.39. The number of aliphatic hydroxyl groups is 1. The Morgan fingerprint density at radius 2 is 1.05 bits per heavy atom. The summed E-state index contributed by atoms with van der Waals surface area (Å²) >= 11 is 0. The molecule has 0 aromatic heterocycles. The molecule has 0 saturated carbocycles. The Balaban J connectivity index is 0.000000230. The summed E-state index contributed by atoms with van der Waals surface area (Å²) in [5, 5.41) is 10.6. The van der Waals surface area contributed by atoms with Crippen molar-refractivity contribution in [1.29, 1.82) is 0 Å². The Morgan fingerprint density at radius 3 is 1.43 bits per heavy atom. The molecule has 0 aliphatic carbocycles. The van der Waals surface area contributed by atoms with Crippen molar-refractivity contribution in [3.05, 3.63) is 71.3 Å². The third-order valence-electron chi connectivity index (χ3n) is 7.18. The molecule has 0 bridgehead atoms. The van der Waals surface area contributed by atoms with Crippen molar-refractivity contribution in [2.24, 2.45) is 0 Å². The second-order valence-corrected chi connectivity index (χ2v) is 12.9. The summed E-state index contributed by atoms with van der Waals surface area (Å²) in [5.74, 6) is -0.948. The molecule has 42 heavy (non-hydrogen) atoms. The number of nitrogens with zero attached hydrogens (tertiary/aromatic N) is 2. The van der Waals surface area contributed by atoms with Crippen LogP contribution in [0.3, 0.4) is 0 Å². The highest BCUT2D eigenvalue weighted by Crippen LogP contribution is 2.38. The maximum Gasteiger partial charge on any atom is 0.410 e. The van der Waals surface area contributed by atoms with Crippen molar-refractivity contribution < 1.29 is 37.3 Å². The van der Waals surface area contributed by atoms with E-state index in [1.165, 1.54) is 29.2 Å². The number of halogens is 3. The third-order valence-corrected chi connectivity index (χ3v) is 7.18. The van der Waals surface area contributed by atoms with Gasteiger partial charge in [-0.1, -0.05) is 36.4 Å². The van der Waals surface area contributed by atoms with Crippen LogP contribution in [0.5, 0.6) is 0 Å². The first kappa shape index (κ1) is 33.2. The van der Waals surface area contributed by atoms with E-state index in [9.17, 15) is 27.9 Å². The number of amides is 2. The normalized spacial score (nSPS) is 18.4. The fourth-order valence-electron chi connectivity index (χ4n) is 4.96. The molecule has 2 aromatic carbocycles. The van der Waals surface area contributed by atoms with Crippen molar-refractivity contribution in [2.45, 2.75) is 89.7 Å². The minimum absolute atomic E-state index is 0.0766. The Labute approximate surface area is 246 Å². The third kappa shape index (κ3) is 8.86. The van der Waals surface area contributed by atoms with Gasteiger partial charge in [-0.2, -0.15) is 0 Å². The molecule has 0 unspecified atom stereocenters. The van der Waals surface area contributed by atoms with E-state index in [2.05, 4.69) is 0 Å². The Hall–Kier alpha value is -3.27. The second-order valence-electron chi connectivity index (χ2n) is 12.9. The van der Waals surface area contributed by atoms with Crippen LogP contribution in [0, 0.1) is 11.6 Å². The molecule has 0 atom stereocenters. The van der Waals surface area contributed by atoms with Crippen LogP contribution in [0.25, 0.3) is 0 Å². The molecule has 2 saturated heterocycles. The molecule has 1 N–H and O–H groups in total. The molecule has 2 aliphatic rings. The van der Waals surface area contributed by atoms with Crippen LogP contribution in [0.2, 0.25) is 0 Å². The Bertz CT molecular complexity index is 1130. The molecule has 4 rings (SSSR count). The van der Waals surface area contributed by atoms with Gasteiger partial charge in [-0.25, -0.2) is 22.8 Å². The van der Waals surface area contributed by atoms with Crippen LogP contribution in [0.1, 0.15) is 78.4 Å². The molecule has 2 aromatic rings. The Kier molecular flexibility index (Phi) is 10.2. The zero-order chi connectivity index (χ0) is 31.3. The monoisotopic (exact) mass is 592 g/mol. The van der Waals surface area contributed by atoms with Gasteiger partial charge in [0.25, 0.3) is 0 Å². The lowest BCUT2D eigenvalue weighted by molar-refractivity contribution is -0.0374. The number of carbonyl (C=O) groups excluding carboxylic acids is 2. The highest BCUT2D eigenvalue weighted by atomic mass is 19.1. The van der Waals surface area contributed by atoms with Gasteiger partial charge in [-0.3, -0.25) is 0 Å². The molecule has 232 valence electrons. The van der Waals surface area contributed by atoms with Crippen LogP contribution in [-0.2, 0) is 20.7 Å². The lowest BCUT2D eigenvalue weighted by Crippen LogP contribution is -2.47. The van der Waals surface area contributed by atoms with Crippen molar-refractivity contribution >= 4 is 12.2 Å². The van der Waals surface area contributed by atoms with Gasteiger partial charge in [0.05, 0.1) is 5.60 Å². The van der Waals surface area contributed by atoms with Crippen LogP contribution >= 0.6 is 0 Å². The van der Waals surface area contributed by atoms with Crippen LogP contribution in [-0.4, -0.2) is 64.5 Å². The van der Waals surface area contributed by atoms with Gasteiger partial charge in [0.2, 0.25) is 0 Å². The quantitative estimate of drug-likeness (QED) is 0.404. The van der Waals surface area contributed by atoms with Crippen molar-refractivity contribution in [1.82, 2.24) is 9.80 Å². The second kappa shape index (κ2) is 12.9. The molecule has 7 nitrogen and oxygen atoms in total. The average Bonchev–Trinajstić information content (AvgIpc) is 2.88. The number of carbonyl (C=O) groups is 2. The summed E-state index contributed by atoms with van der Waals surface area (Å²) < 4.78 is 53.1. The summed E-state index contributed by atoms with van der Waals surface area (Å²) in [6.45, 7) is 11.9. The minimum atomic E-state index is -1.72. The first-order valence-electron chi connectivity index (χ1n) is 14.3. The van der Waals surface area contributed by atoms with E-state index >= 15 is 0 Å². The molecular formula is C32H43F3N2O5. The van der Waals surface area contributed by atoms with E-state index in [4.69, 9.17) is 9.47 Å². The van der Waals surface area contributed by atoms with Gasteiger partial charge in [0, 0.05) is 50.1 Å². The molecule has 2 fully saturated rings. The van der Waals surface area contributed by atoms with Gasteiger partial charge in [0.1, 0.15) is 28.5 Å². The zero-order valence-electron chi connectivity index (χ0n) is 25.4. The van der Waals surface area contributed by atoms with Gasteiger partial charge in [-0.15, -0.1) is 0 Å². The lowest BCUT2D eigenvalue weighted by atomic mass is 9.84. The number of rotatable bonds is 2. The molecule has 2 amide bonds. The van der Waals surface area contributed by atoms with Gasteiger partial charge in [0.15, 0.2) is 0 Å². The number of ether oxygens (including phenoxy) is 2. The number of piperidine rings is 2. The van der Waals surface area contributed by atoms with Crippen LogP contribution in [0.15, 0.2) is 48.5 Å². The summed E-state index contributed by atoms with van der Waals surface area (Å²) in [6, 6.07) is 12.1. The minimum Gasteiger partial charge on any atom is -0.444 e. The Morgan fingerprint density at radius 1 is 0.690 bits per heavy atom. The fraction of sp³-hybridized carbons (Fsp3) is 0.562. The number of hydrogen-bond acceptors (Lipinski definition) is 5. The first-order chi connectivity index (χ1) is 19.4. The largest absolute Gasteiger partial charge is 0.444 e. The van der Waals surface area contributed by atoms with Crippen molar-refractivity contribution in [3.63, 3.8) is 0 Å². The highest BCUT2D eigenvalue weighted by Gasteiger charge is 2.40. The average molecular weight is 593 g/mol. The van der Waals surface area contributed by atoms with Gasteiger partial charge in [-0.05, 0) is 66.5 Å².